The molecule has 6 heterocycles. The van der Waals surface area contributed by atoms with Gasteiger partial charge in [-0.2, -0.15) is 0 Å². The standard InChI is InChI=1S/C22H18N4O2.C12H10IN3O2.C10H9BNO2.C4H10/c1-11-6-7-17-15(5-4-8-23-17)19(11)16-9-14(20-12(2)26-28-13(20)3)10-18-21(16)25-22(27)24-18;1-5-10(6(2)18-16-5)7-3-8(13)11-9(4-7)14-12(17)15-11;1-7-4-5-9-8(3-2-6-12-9)10(7)14-11-13;1-4(2)3/h4-10H,1-3H3,(H2,24,25,27);3-4H,1-2H3,(H2,14,15,17);2-6,13H,1H3;4H,1-3H3. The minimum atomic E-state index is -0.233. The van der Waals surface area contributed by atoms with E-state index in [-0.39, 0.29) is 11.4 Å². The Kier molecular flexibility index (Phi) is 13.6. The van der Waals surface area contributed by atoms with Crippen LogP contribution >= 0.6 is 22.6 Å². The number of aryl methyl sites for hydroxylation is 6. The molecule has 10 aromatic rings. The molecule has 16 heteroatoms. The van der Waals surface area contributed by atoms with Crippen LogP contribution in [0, 0.1) is 51.0 Å². The first kappa shape index (κ1) is 45.2. The molecule has 1 radical (unpaired) electrons. The summed E-state index contributed by atoms with van der Waals surface area (Å²) >= 11 is 2.20. The Bertz CT molecular complexity index is 3360. The second-order valence-electron chi connectivity index (χ2n) is 15.9. The molecule has 0 amide bonds. The number of halogens is 1. The summed E-state index contributed by atoms with van der Waals surface area (Å²) in [4.78, 5) is 43.5. The Hall–Kier alpha value is -6.79. The predicted molar refractivity (Wildman–Crippen MR) is 262 cm³/mol. The van der Waals surface area contributed by atoms with Gasteiger partial charge >= 0.3 is 19.1 Å². The molecule has 0 fully saturated rings. The van der Waals surface area contributed by atoms with Crippen molar-refractivity contribution < 1.29 is 18.7 Å². The van der Waals surface area contributed by atoms with E-state index < -0.39 is 0 Å². The third kappa shape index (κ3) is 9.57. The van der Waals surface area contributed by atoms with Gasteiger partial charge < -0.3 is 38.7 Å². The lowest BCUT2D eigenvalue weighted by atomic mass is 9.92. The SMILES string of the molecule is CC(C)C.Cc1ccc2ncccc2c1-c1cc(-c2c(C)noc2C)cc2[nH]c(=O)[nH]c12.Cc1ccc2ncccc2c1O[B]O.Cc1noc(C)c1-c1cc(I)c2[nH]c(=O)[nH]c2c1. The number of nitrogens with one attached hydrogen (secondary N) is 4. The smallest absolute Gasteiger partial charge is 0.537 e. The van der Waals surface area contributed by atoms with E-state index in [1.54, 1.807) is 12.4 Å². The van der Waals surface area contributed by atoms with Gasteiger partial charge in [-0.05, 0) is 152 Å². The number of nitrogens with zero attached hydrogens (tertiary/aromatic N) is 4. The highest BCUT2D eigenvalue weighted by molar-refractivity contribution is 14.1. The Morgan fingerprint density at radius 1 is 0.641 bits per heavy atom. The third-order valence-corrected chi connectivity index (χ3v) is 11.1. The van der Waals surface area contributed by atoms with Crippen molar-refractivity contribution in [1.82, 2.24) is 40.2 Å². The number of aromatic nitrogens is 8. The number of benzene rings is 4. The fraction of sp³-hybridized carbons (Fsp3) is 0.208. The van der Waals surface area contributed by atoms with Gasteiger partial charge in [-0.25, -0.2) is 9.59 Å². The third-order valence-electron chi connectivity index (χ3n) is 10.2. The number of aromatic amines is 4. The van der Waals surface area contributed by atoms with Gasteiger partial charge in [0.25, 0.3) is 0 Å². The lowest BCUT2D eigenvalue weighted by molar-refractivity contribution is 0.393. The Morgan fingerprint density at radius 2 is 1.14 bits per heavy atom. The van der Waals surface area contributed by atoms with Gasteiger partial charge in [0, 0.05) is 43.4 Å². The first-order valence-electron chi connectivity index (χ1n) is 20.5. The van der Waals surface area contributed by atoms with Gasteiger partial charge in [0.1, 0.15) is 17.3 Å². The van der Waals surface area contributed by atoms with Gasteiger partial charge in [0.05, 0.1) is 44.5 Å². The van der Waals surface area contributed by atoms with Crippen LogP contribution in [0.15, 0.2) is 104 Å². The van der Waals surface area contributed by atoms with Gasteiger partial charge in [-0.15, -0.1) is 0 Å². The van der Waals surface area contributed by atoms with E-state index in [9.17, 15) is 9.59 Å². The van der Waals surface area contributed by atoms with Crippen LogP contribution in [-0.4, -0.2) is 52.9 Å². The summed E-state index contributed by atoms with van der Waals surface area (Å²) in [6.45, 7) is 18.1. The van der Waals surface area contributed by atoms with Crippen LogP contribution in [0.3, 0.4) is 0 Å². The highest BCUT2D eigenvalue weighted by Gasteiger charge is 2.19. The molecule has 0 saturated carbocycles. The van der Waals surface area contributed by atoms with E-state index >= 15 is 0 Å². The zero-order valence-electron chi connectivity index (χ0n) is 36.9. The molecule has 0 aliphatic heterocycles. The van der Waals surface area contributed by atoms with Crippen molar-refractivity contribution in [2.75, 3.05) is 0 Å². The molecule has 325 valence electrons. The van der Waals surface area contributed by atoms with Crippen molar-refractivity contribution in [3.63, 3.8) is 0 Å². The van der Waals surface area contributed by atoms with Crippen LogP contribution in [0.4, 0.5) is 0 Å². The van der Waals surface area contributed by atoms with Crippen LogP contribution in [0.25, 0.3) is 77.3 Å². The Balaban J connectivity index is 0.000000146. The summed E-state index contributed by atoms with van der Waals surface area (Å²) < 4.78 is 16.6. The van der Waals surface area contributed by atoms with Crippen LogP contribution in [0.1, 0.15) is 54.8 Å². The second kappa shape index (κ2) is 19.3. The average Bonchev–Trinajstić information content (AvgIpc) is 4.02. The van der Waals surface area contributed by atoms with Crippen LogP contribution < -0.4 is 16.0 Å². The number of rotatable bonds is 5. The van der Waals surface area contributed by atoms with E-state index in [0.717, 1.165) is 121 Å². The predicted octanol–water partition coefficient (Wildman–Crippen LogP) is 10.5. The quantitative estimate of drug-likeness (QED) is 0.0815. The summed E-state index contributed by atoms with van der Waals surface area (Å²) in [5, 5.41) is 18.6. The maximum Gasteiger partial charge on any atom is 0.569 e. The monoisotopic (exact) mass is 969 g/mol. The fourth-order valence-corrected chi connectivity index (χ4v) is 8.34. The van der Waals surface area contributed by atoms with Crippen molar-refractivity contribution in [3.05, 3.63) is 144 Å². The largest absolute Gasteiger partial charge is 0.569 e. The fourth-order valence-electron chi connectivity index (χ4n) is 7.58. The molecule has 0 atom stereocenters. The van der Waals surface area contributed by atoms with Crippen molar-refractivity contribution >= 4 is 74.1 Å². The molecule has 5 N–H and O–H groups in total. The normalized spacial score (nSPS) is 11.0. The summed E-state index contributed by atoms with van der Waals surface area (Å²) in [6.07, 6.45) is 3.51. The number of H-pyrrole nitrogens is 4. The molecule has 14 nitrogen and oxygen atoms in total. The first-order chi connectivity index (χ1) is 30.6. The van der Waals surface area contributed by atoms with E-state index in [1.807, 2.05) is 89.2 Å². The van der Waals surface area contributed by atoms with E-state index in [2.05, 4.69) is 109 Å². The van der Waals surface area contributed by atoms with Crippen molar-refractivity contribution in [3.8, 4) is 39.1 Å². The van der Waals surface area contributed by atoms with Crippen LogP contribution in [0.5, 0.6) is 5.75 Å². The number of hydrogen-bond donors (Lipinski definition) is 5. The maximum absolute atomic E-state index is 12.1. The summed E-state index contributed by atoms with van der Waals surface area (Å²) in [5.41, 5.74) is 14.1. The van der Waals surface area contributed by atoms with Crippen LogP contribution in [0.2, 0.25) is 0 Å². The molecule has 64 heavy (non-hydrogen) atoms. The van der Waals surface area contributed by atoms with Crippen LogP contribution in [-0.2, 0) is 0 Å². The molecule has 0 unspecified atom stereocenters. The zero-order chi connectivity index (χ0) is 45.8. The molecule has 0 bridgehead atoms. The number of hydrogen-bond acceptors (Lipinski definition) is 10. The molecule has 0 saturated heterocycles. The molecular weight excluding hydrogens is 922 g/mol. The number of pyridine rings is 2. The van der Waals surface area contributed by atoms with E-state index in [1.165, 1.54) is 0 Å². The Morgan fingerprint density at radius 3 is 1.69 bits per heavy atom. The van der Waals surface area contributed by atoms with Crippen molar-refractivity contribution in [1.29, 1.82) is 0 Å². The minimum Gasteiger partial charge on any atom is -0.537 e. The van der Waals surface area contributed by atoms with Gasteiger partial charge in [-0.3, -0.25) is 9.97 Å². The van der Waals surface area contributed by atoms with Gasteiger partial charge in [0.15, 0.2) is 0 Å². The summed E-state index contributed by atoms with van der Waals surface area (Å²) in [5.74, 6) is 3.01. The van der Waals surface area contributed by atoms with Gasteiger partial charge in [-0.1, -0.05) is 49.3 Å². The summed E-state index contributed by atoms with van der Waals surface area (Å²) in [7, 11) is 0.689. The van der Waals surface area contributed by atoms with E-state index in [4.69, 9.17) is 18.7 Å². The van der Waals surface area contributed by atoms with Crippen molar-refractivity contribution in [2.24, 2.45) is 5.92 Å². The lowest BCUT2D eigenvalue weighted by Crippen LogP contribution is -2.02. The highest BCUT2D eigenvalue weighted by atomic mass is 127. The molecule has 4 aromatic carbocycles. The maximum atomic E-state index is 12.1. The lowest BCUT2D eigenvalue weighted by Gasteiger charge is -2.13. The molecule has 0 aliphatic rings. The second-order valence-corrected chi connectivity index (χ2v) is 17.1. The average molecular weight is 970 g/mol. The van der Waals surface area contributed by atoms with Crippen molar-refractivity contribution in [2.45, 2.75) is 62.3 Å². The Labute approximate surface area is 382 Å². The highest BCUT2D eigenvalue weighted by Crippen LogP contribution is 2.39. The number of imidazole rings is 2. The molecule has 0 aliphatic carbocycles. The number of fused-ring (bicyclic) bond motifs is 4. The zero-order valence-corrected chi connectivity index (χ0v) is 39.1. The molecule has 10 rings (SSSR count). The van der Waals surface area contributed by atoms with E-state index in [0.29, 0.717) is 13.4 Å². The first-order valence-corrected chi connectivity index (χ1v) is 21.6. The molecule has 0 spiro atoms. The minimum absolute atomic E-state index is 0.196. The summed E-state index contributed by atoms with van der Waals surface area (Å²) in [6, 6.07) is 23.7. The van der Waals surface area contributed by atoms with Gasteiger partial charge in [0.2, 0.25) is 0 Å². The topological polar surface area (TPSA) is 205 Å². The molecular formula is C48H47BIN8O6. The molecule has 6 aromatic heterocycles.